The number of pyridine rings is 1. The molecule has 3 aromatic heterocycles. The Kier molecular flexibility index (Phi) is 7.67. The van der Waals surface area contributed by atoms with E-state index in [2.05, 4.69) is 30.1 Å². The van der Waals surface area contributed by atoms with Crippen molar-refractivity contribution in [1.29, 1.82) is 0 Å². The van der Waals surface area contributed by atoms with E-state index in [0.717, 1.165) is 48.9 Å². The van der Waals surface area contributed by atoms with Crippen molar-refractivity contribution in [3.63, 3.8) is 0 Å². The van der Waals surface area contributed by atoms with Crippen molar-refractivity contribution in [2.75, 3.05) is 76.4 Å². The molecule has 2 aliphatic rings. The molecule has 0 spiro atoms. The maximum absolute atomic E-state index is 12.8. The zero-order chi connectivity index (χ0) is 27.5. The summed E-state index contributed by atoms with van der Waals surface area (Å²) in [6.45, 7) is 6.38. The van der Waals surface area contributed by atoms with Crippen LogP contribution in [0.5, 0.6) is 5.75 Å². The number of benzene rings is 1. The highest BCUT2D eigenvalue weighted by Gasteiger charge is 2.24. The lowest BCUT2D eigenvalue weighted by Gasteiger charge is -2.37. The van der Waals surface area contributed by atoms with Gasteiger partial charge in [0.05, 0.1) is 55.7 Å². The molecule has 0 aliphatic carbocycles. The summed E-state index contributed by atoms with van der Waals surface area (Å²) < 4.78 is 13.0. The molecule has 1 N–H and O–H groups in total. The van der Waals surface area contributed by atoms with E-state index in [1.165, 1.54) is 0 Å². The molecule has 2 aliphatic heterocycles. The van der Waals surface area contributed by atoms with E-state index < -0.39 is 0 Å². The average Bonchev–Trinajstić information content (AvgIpc) is 3.43. The first-order valence-electron chi connectivity index (χ1n) is 13.3. The molecule has 5 heterocycles. The molecule has 11 nitrogen and oxygen atoms in total. The molecule has 0 saturated carbocycles. The fourth-order valence-corrected chi connectivity index (χ4v) is 5.27. The number of morpholine rings is 1. The lowest BCUT2D eigenvalue weighted by molar-refractivity contribution is -0.133. The van der Waals surface area contributed by atoms with E-state index in [1.807, 2.05) is 51.9 Å². The van der Waals surface area contributed by atoms with Crippen LogP contribution in [0.25, 0.3) is 17.0 Å². The van der Waals surface area contributed by atoms with Crippen LogP contribution in [0.3, 0.4) is 0 Å². The second-order valence-electron chi connectivity index (χ2n) is 9.73. The van der Waals surface area contributed by atoms with Crippen LogP contribution in [0.1, 0.15) is 0 Å². The van der Waals surface area contributed by atoms with Gasteiger partial charge in [0.25, 0.3) is 0 Å². The highest BCUT2D eigenvalue weighted by molar-refractivity contribution is 6.32. The molecule has 1 amide bonds. The van der Waals surface area contributed by atoms with Gasteiger partial charge in [0.15, 0.2) is 0 Å². The van der Waals surface area contributed by atoms with Crippen molar-refractivity contribution in [1.82, 2.24) is 29.2 Å². The van der Waals surface area contributed by atoms with Crippen molar-refractivity contribution in [2.45, 2.75) is 0 Å². The molecule has 4 aromatic rings. The first-order valence-corrected chi connectivity index (χ1v) is 13.7. The van der Waals surface area contributed by atoms with Crippen molar-refractivity contribution >= 4 is 40.5 Å². The zero-order valence-corrected chi connectivity index (χ0v) is 23.0. The summed E-state index contributed by atoms with van der Waals surface area (Å²) in [6.07, 6.45) is 5.25. The lowest BCUT2D eigenvalue weighted by Crippen LogP contribution is -2.52. The van der Waals surface area contributed by atoms with E-state index in [-0.39, 0.29) is 5.91 Å². The largest absolute Gasteiger partial charge is 0.494 e. The molecule has 208 valence electrons. The van der Waals surface area contributed by atoms with E-state index in [4.69, 9.17) is 21.1 Å². The van der Waals surface area contributed by atoms with Gasteiger partial charge >= 0.3 is 0 Å². The maximum Gasteiger partial charge on any atom is 0.236 e. The second kappa shape index (κ2) is 11.7. The average molecular weight is 563 g/mol. The van der Waals surface area contributed by atoms with Crippen molar-refractivity contribution in [2.24, 2.45) is 0 Å². The van der Waals surface area contributed by atoms with Crippen LogP contribution >= 0.6 is 11.6 Å². The van der Waals surface area contributed by atoms with Crippen molar-refractivity contribution in [3.8, 4) is 17.1 Å². The molecule has 2 fully saturated rings. The van der Waals surface area contributed by atoms with Gasteiger partial charge in [0, 0.05) is 57.2 Å². The Morgan fingerprint density at radius 2 is 1.88 bits per heavy atom. The fourth-order valence-electron chi connectivity index (χ4n) is 5.08. The van der Waals surface area contributed by atoms with Gasteiger partial charge in [-0.25, -0.2) is 15.0 Å². The highest BCUT2D eigenvalue weighted by atomic mass is 35.5. The molecule has 0 atom stereocenters. The standard InChI is InChI=1S/C28H31ClN8O3/c1-39-24-16-20(35-8-10-36(11-9-35)26(38)19-34-12-14-40-15-13-34)5-6-22(24)32-28-31-17-21(29)27(33-28)23-18-30-25-4-2-3-7-37(23)25/h2-7,16-18H,8-15,19H2,1H3,(H,31,32,33). The number of piperazine rings is 1. The number of ether oxygens (including phenoxy) is 2. The molecule has 12 heteroatoms. The number of fused-ring (bicyclic) bond motifs is 1. The Morgan fingerprint density at radius 3 is 2.67 bits per heavy atom. The van der Waals surface area contributed by atoms with Gasteiger partial charge in [0.1, 0.15) is 17.1 Å². The first-order chi connectivity index (χ1) is 19.6. The molecule has 0 bridgehead atoms. The van der Waals surface area contributed by atoms with Gasteiger partial charge in [-0.2, -0.15) is 0 Å². The van der Waals surface area contributed by atoms with Gasteiger partial charge < -0.3 is 24.6 Å². The van der Waals surface area contributed by atoms with Gasteiger partial charge in [-0.1, -0.05) is 17.7 Å². The van der Waals surface area contributed by atoms with Crippen LogP contribution in [-0.4, -0.2) is 101 Å². The topological polar surface area (TPSA) is 100 Å². The summed E-state index contributed by atoms with van der Waals surface area (Å²) in [4.78, 5) is 32.7. The fraction of sp³-hybridized carbons (Fsp3) is 0.357. The van der Waals surface area contributed by atoms with Crippen LogP contribution in [0.2, 0.25) is 5.02 Å². The normalized spacial score (nSPS) is 16.4. The molecular formula is C28H31ClN8O3. The molecule has 1 aromatic carbocycles. The molecule has 40 heavy (non-hydrogen) atoms. The number of hydrogen-bond donors (Lipinski definition) is 1. The highest BCUT2D eigenvalue weighted by Crippen LogP contribution is 2.33. The van der Waals surface area contributed by atoms with Crippen LogP contribution in [0.4, 0.5) is 17.3 Å². The third kappa shape index (κ3) is 5.53. The predicted molar refractivity (Wildman–Crippen MR) is 154 cm³/mol. The summed E-state index contributed by atoms with van der Waals surface area (Å²) in [7, 11) is 1.64. The molecular weight excluding hydrogens is 532 g/mol. The number of nitrogens with zero attached hydrogens (tertiary/aromatic N) is 7. The quantitative estimate of drug-likeness (QED) is 0.364. The number of anilines is 3. The Hall–Kier alpha value is -3.93. The molecule has 0 unspecified atom stereocenters. The number of hydrogen-bond acceptors (Lipinski definition) is 9. The number of methoxy groups -OCH3 is 1. The SMILES string of the molecule is COc1cc(N2CCN(C(=O)CN3CCOCC3)CC2)ccc1Nc1ncc(Cl)c(-c2cnc3ccccn23)n1. The summed E-state index contributed by atoms with van der Waals surface area (Å²) in [5.41, 5.74) is 3.93. The second-order valence-corrected chi connectivity index (χ2v) is 10.1. The van der Waals surface area contributed by atoms with Crippen LogP contribution in [0.15, 0.2) is 55.0 Å². The number of carbonyl (C=O) groups excluding carboxylic acids is 1. The molecule has 0 radical (unpaired) electrons. The summed E-state index contributed by atoms with van der Waals surface area (Å²) >= 11 is 6.48. The Labute approximate surface area is 237 Å². The maximum atomic E-state index is 12.8. The van der Waals surface area contributed by atoms with E-state index >= 15 is 0 Å². The number of amides is 1. The minimum Gasteiger partial charge on any atom is -0.494 e. The number of rotatable bonds is 7. The van der Waals surface area contributed by atoms with E-state index in [1.54, 1.807) is 19.5 Å². The number of aromatic nitrogens is 4. The smallest absolute Gasteiger partial charge is 0.236 e. The molecule has 2 saturated heterocycles. The van der Waals surface area contributed by atoms with Crippen LogP contribution < -0.4 is 15.0 Å². The van der Waals surface area contributed by atoms with Gasteiger partial charge in [-0.05, 0) is 24.3 Å². The number of carbonyl (C=O) groups is 1. The Morgan fingerprint density at radius 1 is 1.05 bits per heavy atom. The minimum absolute atomic E-state index is 0.185. The number of halogens is 1. The number of nitrogens with one attached hydrogen (secondary N) is 1. The summed E-state index contributed by atoms with van der Waals surface area (Å²) in [6, 6.07) is 11.8. The van der Waals surface area contributed by atoms with Crippen LogP contribution in [0, 0.1) is 0 Å². The van der Waals surface area contributed by atoms with Gasteiger partial charge in [0.2, 0.25) is 11.9 Å². The first kappa shape index (κ1) is 26.3. The number of imidazole rings is 1. The van der Waals surface area contributed by atoms with Crippen LogP contribution in [-0.2, 0) is 9.53 Å². The monoisotopic (exact) mass is 562 g/mol. The van der Waals surface area contributed by atoms with Gasteiger partial charge in [-0.3, -0.25) is 14.1 Å². The van der Waals surface area contributed by atoms with E-state index in [0.29, 0.717) is 55.3 Å². The van der Waals surface area contributed by atoms with Gasteiger partial charge in [-0.15, -0.1) is 0 Å². The third-order valence-electron chi connectivity index (χ3n) is 7.30. The zero-order valence-electron chi connectivity index (χ0n) is 22.3. The summed E-state index contributed by atoms with van der Waals surface area (Å²) in [5.74, 6) is 1.24. The Balaban J connectivity index is 1.13. The van der Waals surface area contributed by atoms with Crippen molar-refractivity contribution in [3.05, 3.63) is 60.0 Å². The minimum atomic E-state index is 0.185. The Bertz CT molecular complexity index is 1500. The third-order valence-corrected chi connectivity index (χ3v) is 7.57. The molecule has 6 rings (SSSR count). The predicted octanol–water partition coefficient (Wildman–Crippen LogP) is 3.18. The van der Waals surface area contributed by atoms with Crippen molar-refractivity contribution < 1.29 is 14.3 Å². The van der Waals surface area contributed by atoms with E-state index in [9.17, 15) is 4.79 Å². The lowest BCUT2D eigenvalue weighted by atomic mass is 10.2. The summed E-state index contributed by atoms with van der Waals surface area (Å²) in [5, 5.41) is 3.70.